The van der Waals surface area contributed by atoms with Gasteiger partial charge in [-0.05, 0) is 61.4 Å². The SMILES string of the molecule is CC[C@H](C)N(Cc1cccc(OS(=O)(=O)c2cccc(C(F)(F)F)c2)c1)C(=O)c1ccc(OC)cc1OC. The fraction of sp³-hybridized carbons (Fsp3) is 0.296. The van der Waals surface area contributed by atoms with Gasteiger partial charge in [0.2, 0.25) is 0 Å². The van der Waals surface area contributed by atoms with Crippen molar-refractivity contribution in [3.05, 3.63) is 83.4 Å². The molecule has 0 bridgehead atoms. The van der Waals surface area contributed by atoms with Crippen molar-refractivity contribution in [2.45, 2.75) is 43.9 Å². The first-order chi connectivity index (χ1) is 17.9. The molecule has 0 saturated heterocycles. The predicted molar refractivity (Wildman–Crippen MR) is 135 cm³/mol. The molecule has 3 aromatic carbocycles. The number of halogens is 3. The maximum absolute atomic E-state index is 13.5. The van der Waals surface area contributed by atoms with E-state index in [-0.39, 0.29) is 24.2 Å². The molecule has 0 saturated carbocycles. The highest BCUT2D eigenvalue weighted by Crippen LogP contribution is 2.32. The van der Waals surface area contributed by atoms with Crippen LogP contribution in [0.4, 0.5) is 13.2 Å². The standard InChI is InChI=1S/C27H28F3NO6S/c1-5-18(2)31(26(32)24-13-12-21(35-3)16-25(24)36-4)17-19-8-6-10-22(14-19)37-38(33,34)23-11-7-9-20(15-23)27(28,29)30/h6-16,18H,5,17H2,1-4H3/t18-/m0/s1. The van der Waals surface area contributed by atoms with Gasteiger partial charge in [0.25, 0.3) is 5.91 Å². The third-order valence-corrected chi connectivity index (χ3v) is 7.17. The van der Waals surface area contributed by atoms with Crippen LogP contribution in [0.3, 0.4) is 0 Å². The van der Waals surface area contributed by atoms with Crippen LogP contribution in [0.25, 0.3) is 0 Å². The average molecular weight is 552 g/mol. The first kappa shape index (κ1) is 28.8. The van der Waals surface area contributed by atoms with Crippen LogP contribution >= 0.6 is 0 Å². The summed E-state index contributed by atoms with van der Waals surface area (Å²) in [5.41, 5.74) is -0.219. The molecule has 3 rings (SSSR count). The third kappa shape index (κ3) is 6.77. The van der Waals surface area contributed by atoms with Crippen molar-refractivity contribution in [2.75, 3.05) is 14.2 Å². The fourth-order valence-electron chi connectivity index (χ4n) is 3.67. The Labute approximate surface area is 219 Å². The Morgan fingerprint density at radius 3 is 2.29 bits per heavy atom. The summed E-state index contributed by atoms with van der Waals surface area (Å²) in [4.78, 5) is 14.5. The maximum atomic E-state index is 13.5. The molecule has 0 heterocycles. The van der Waals surface area contributed by atoms with Gasteiger partial charge in [-0.3, -0.25) is 4.79 Å². The lowest BCUT2D eigenvalue weighted by atomic mass is 10.1. The number of amides is 1. The molecule has 0 spiro atoms. The highest BCUT2D eigenvalue weighted by atomic mass is 32.2. The first-order valence-electron chi connectivity index (χ1n) is 11.6. The van der Waals surface area contributed by atoms with E-state index in [1.807, 2.05) is 13.8 Å². The molecule has 0 aliphatic rings. The van der Waals surface area contributed by atoms with E-state index >= 15 is 0 Å². The predicted octanol–water partition coefficient (Wildman–Crippen LogP) is 5.93. The fourth-order valence-corrected chi connectivity index (χ4v) is 4.64. The molecule has 0 aliphatic heterocycles. The van der Waals surface area contributed by atoms with E-state index in [1.165, 1.54) is 26.4 Å². The van der Waals surface area contributed by atoms with Crippen LogP contribution in [0.2, 0.25) is 0 Å². The van der Waals surface area contributed by atoms with Gasteiger partial charge < -0.3 is 18.6 Å². The number of hydrogen-bond donors (Lipinski definition) is 0. The minimum Gasteiger partial charge on any atom is -0.497 e. The maximum Gasteiger partial charge on any atom is 0.416 e. The Kier molecular flexibility index (Phi) is 8.93. The molecule has 1 amide bonds. The van der Waals surface area contributed by atoms with Crippen LogP contribution in [0.1, 0.15) is 41.8 Å². The zero-order chi connectivity index (χ0) is 28.1. The summed E-state index contributed by atoms with van der Waals surface area (Å²) in [5, 5.41) is 0. The smallest absolute Gasteiger partial charge is 0.416 e. The van der Waals surface area contributed by atoms with Crippen molar-refractivity contribution in [1.29, 1.82) is 0 Å². The van der Waals surface area contributed by atoms with Crippen molar-refractivity contribution < 1.29 is 40.0 Å². The summed E-state index contributed by atoms with van der Waals surface area (Å²) < 4.78 is 80.3. The Balaban J connectivity index is 1.88. The van der Waals surface area contributed by atoms with Crippen LogP contribution in [0.15, 0.2) is 71.6 Å². The van der Waals surface area contributed by atoms with E-state index in [9.17, 15) is 26.4 Å². The van der Waals surface area contributed by atoms with Gasteiger partial charge in [0.15, 0.2) is 0 Å². The average Bonchev–Trinajstić information content (AvgIpc) is 2.90. The van der Waals surface area contributed by atoms with Crippen molar-refractivity contribution in [3.8, 4) is 17.2 Å². The summed E-state index contributed by atoms with van der Waals surface area (Å²) in [6, 6.07) is 14.0. The van der Waals surface area contributed by atoms with Gasteiger partial charge in [0.05, 0.1) is 25.3 Å². The van der Waals surface area contributed by atoms with Gasteiger partial charge in [-0.25, -0.2) is 0 Å². The Morgan fingerprint density at radius 2 is 1.66 bits per heavy atom. The summed E-state index contributed by atoms with van der Waals surface area (Å²) in [5.74, 6) is 0.465. The normalized spacial score (nSPS) is 12.5. The highest BCUT2D eigenvalue weighted by molar-refractivity contribution is 7.87. The van der Waals surface area contributed by atoms with E-state index < -0.39 is 26.8 Å². The lowest BCUT2D eigenvalue weighted by Gasteiger charge is -2.29. The summed E-state index contributed by atoms with van der Waals surface area (Å²) in [6.45, 7) is 3.92. The number of methoxy groups -OCH3 is 2. The molecular formula is C27H28F3NO6S. The van der Waals surface area contributed by atoms with Crippen LogP contribution in [0.5, 0.6) is 17.2 Å². The van der Waals surface area contributed by atoms with E-state index in [4.69, 9.17) is 13.7 Å². The molecule has 0 unspecified atom stereocenters. The van der Waals surface area contributed by atoms with Gasteiger partial charge in [-0.2, -0.15) is 21.6 Å². The van der Waals surface area contributed by atoms with Gasteiger partial charge in [-0.15, -0.1) is 0 Å². The molecule has 7 nitrogen and oxygen atoms in total. The zero-order valence-electron chi connectivity index (χ0n) is 21.3. The molecule has 38 heavy (non-hydrogen) atoms. The quantitative estimate of drug-likeness (QED) is 0.291. The summed E-state index contributed by atoms with van der Waals surface area (Å²) in [7, 11) is -1.59. The van der Waals surface area contributed by atoms with E-state index in [1.54, 1.807) is 35.2 Å². The summed E-state index contributed by atoms with van der Waals surface area (Å²) >= 11 is 0. The summed E-state index contributed by atoms with van der Waals surface area (Å²) in [6.07, 6.45) is -4.06. The minimum atomic E-state index is -4.70. The second kappa shape index (κ2) is 11.8. The van der Waals surface area contributed by atoms with E-state index in [2.05, 4.69) is 0 Å². The van der Waals surface area contributed by atoms with Gasteiger partial charge >= 0.3 is 16.3 Å². The van der Waals surface area contributed by atoms with Crippen molar-refractivity contribution in [3.63, 3.8) is 0 Å². The molecule has 0 radical (unpaired) electrons. The molecule has 0 N–H and O–H groups in total. The second-order valence-corrected chi connectivity index (χ2v) is 10.0. The Hall–Kier alpha value is -3.73. The number of nitrogens with zero attached hydrogens (tertiary/aromatic N) is 1. The largest absolute Gasteiger partial charge is 0.497 e. The van der Waals surface area contributed by atoms with Crippen molar-refractivity contribution >= 4 is 16.0 Å². The van der Waals surface area contributed by atoms with E-state index in [0.717, 1.165) is 18.2 Å². The third-order valence-electron chi connectivity index (χ3n) is 5.93. The molecule has 0 aliphatic carbocycles. The molecule has 0 aromatic heterocycles. The van der Waals surface area contributed by atoms with Crippen molar-refractivity contribution in [1.82, 2.24) is 4.90 Å². The molecule has 11 heteroatoms. The van der Waals surface area contributed by atoms with Gasteiger partial charge in [-0.1, -0.05) is 25.1 Å². The minimum absolute atomic E-state index is 0.0986. The Bertz CT molecular complexity index is 1390. The number of benzene rings is 3. The molecule has 0 fully saturated rings. The molecular weight excluding hydrogens is 523 g/mol. The zero-order valence-corrected chi connectivity index (χ0v) is 22.1. The monoisotopic (exact) mass is 551 g/mol. The van der Waals surface area contributed by atoms with Crippen LogP contribution < -0.4 is 13.7 Å². The molecule has 3 aromatic rings. The number of hydrogen-bond acceptors (Lipinski definition) is 6. The van der Waals surface area contributed by atoms with Crippen LogP contribution in [0, 0.1) is 0 Å². The molecule has 204 valence electrons. The van der Waals surface area contributed by atoms with Gasteiger partial charge in [0, 0.05) is 18.7 Å². The van der Waals surface area contributed by atoms with Crippen LogP contribution in [-0.4, -0.2) is 39.5 Å². The number of carbonyl (C=O) groups is 1. The number of ether oxygens (including phenoxy) is 2. The lowest BCUT2D eigenvalue weighted by molar-refractivity contribution is -0.137. The number of carbonyl (C=O) groups excluding carboxylic acids is 1. The molecule has 1 atom stereocenters. The van der Waals surface area contributed by atoms with E-state index in [0.29, 0.717) is 35.1 Å². The highest BCUT2D eigenvalue weighted by Gasteiger charge is 2.32. The van der Waals surface area contributed by atoms with Crippen LogP contribution in [-0.2, 0) is 22.8 Å². The topological polar surface area (TPSA) is 82.1 Å². The Morgan fingerprint density at radius 1 is 0.947 bits per heavy atom. The first-order valence-corrected chi connectivity index (χ1v) is 13.0. The number of rotatable bonds is 10. The van der Waals surface area contributed by atoms with Crippen molar-refractivity contribution in [2.24, 2.45) is 0 Å². The number of alkyl halides is 3. The lowest BCUT2D eigenvalue weighted by Crippen LogP contribution is -2.38. The van der Waals surface area contributed by atoms with Gasteiger partial charge in [0.1, 0.15) is 22.1 Å². The second-order valence-electron chi connectivity index (χ2n) is 8.47.